The highest BCUT2D eigenvalue weighted by atomic mass is 16.5. The predicted molar refractivity (Wildman–Crippen MR) is 117 cm³/mol. The van der Waals surface area contributed by atoms with Crippen LogP contribution in [0.4, 0.5) is 5.69 Å². The summed E-state index contributed by atoms with van der Waals surface area (Å²) in [7, 11) is 0. The van der Waals surface area contributed by atoms with Gasteiger partial charge in [-0.05, 0) is 37.1 Å². The average molecular weight is 424 g/mol. The van der Waals surface area contributed by atoms with E-state index in [2.05, 4.69) is 0 Å². The molecule has 0 saturated heterocycles. The summed E-state index contributed by atoms with van der Waals surface area (Å²) in [5.74, 6) is -0.195. The molecule has 0 aliphatic carbocycles. The van der Waals surface area contributed by atoms with E-state index in [1.165, 1.54) is 9.80 Å². The molecule has 2 aromatic carbocycles. The maximum Gasteiger partial charge on any atom is 0.268 e. The fourth-order valence-corrected chi connectivity index (χ4v) is 3.57. The van der Waals surface area contributed by atoms with Crippen LogP contribution in [-0.2, 0) is 16.1 Å². The van der Waals surface area contributed by atoms with Crippen LogP contribution in [-0.4, -0.2) is 53.4 Å². The van der Waals surface area contributed by atoms with Gasteiger partial charge in [-0.1, -0.05) is 37.3 Å². The van der Waals surface area contributed by atoms with Gasteiger partial charge in [0.1, 0.15) is 12.3 Å². The summed E-state index contributed by atoms with van der Waals surface area (Å²) in [5.41, 5.74) is 1.83. The number of hydrogen-bond donors (Lipinski definition) is 1. The molecule has 0 saturated carbocycles. The highest BCUT2D eigenvalue weighted by molar-refractivity contribution is 6.05. The number of amides is 2. The zero-order valence-corrected chi connectivity index (χ0v) is 17.9. The van der Waals surface area contributed by atoms with Gasteiger partial charge in [0.05, 0.1) is 12.3 Å². The third-order valence-corrected chi connectivity index (χ3v) is 5.20. The molecule has 1 heterocycles. The fourth-order valence-electron chi connectivity index (χ4n) is 3.57. The number of rotatable bonds is 9. The van der Waals surface area contributed by atoms with Crippen molar-refractivity contribution in [3.05, 3.63) is 59.7 Å². The Kier molecular flexibility index (Phi) is 7.41. The van der Waals surface area contributed by atoms with Crippen LogP contribution in [0.25, 0.3) is 0 Å². The van der Waals surface area contributed by atoms with Crippen LogP contribution in [0.2, 0.25) is 0 Å². The molecule has 0 spiro atoms. The van der Waals surface area contributed by atoms with Gasteiger partial charge >= 0.3 is 0 Å². The lowest BCUT2D eigenvalue weighted by Crippen LogP contribution is -2.50. The van der Waals surface area contributed by atoms with Gasteiger partial charge in [-0.15, -0.1) is 0 Å². The van der Waals surface area contributed by atoms with E-state index in [4.69, 9.17) is 4.74 Å². The summed E-state index contributed by atoms with van der Waals surface area (Å²) in [4.78, 5) is 41.2. The first kappa shape index (κ1) is 22.5. The van der Waals surface area contributed by atoms with E-state index in [0.717, 1.165) is 12.0 Å². The number of anilines is 1. The Morgan fingerprint density at radius 2 is 1.90 bits per heavy atom. The molecule has 0 aromatic heterocycles. The minimum Gasteiger partial charge on any atom is -0.479 e. The first-order valence-corrected chi connectivity index (χ1v) is 10.5. The first-order chi connectivity index (χ1) is 14.9. The van der Waals surface area contributed by atoms with Crippen molar-refractivity contribution in [3.63, 3.8) is 0 Å². The Bertz CT molecular complexity index is 944. The molecule has 0 radical (unpaired) electrons. The lowest BCUT2D eigenvalue weighted by atomic mass is 10.0. The molecule has 31 heavy (non-hydrogen) atoms. The van der Waals surface area contributed by atoms with E-state index in [1.54, 1.807) is 25.1 Å². The second-order valence-corrected chi connectivity index (χ2v) is 7.56. The van der Waals surface area contributed by atoms with E-state index in [0.29, 0.717) is 30.0 Å². The molecular formula is C24H28N2O5. The van der Waals surface area contributed by atoms with E-state index >= 15 is 0 Å². The number of ether oxygens (including phenoxy) is 1. The summed E-state index contributed by atoms with van der Waals surface area (Å²) < 4.78 is 5.69. The van der Waals surface area contributed by atoms with Crippen LogP contribution < -0.4 is 9.64 Å². The maximum absolute atomic E-state index is 13.1. The molecule has 0 fully saturated rings. The summed E-state index contributed by atoms with van der Waals surface area (Å²) in [6.45, 7) is 3.67. The van der Waals surface area contributed by atoms with Gasteiger partial charge in [0, 0.05) is 25.1 Å². The molecule has 7 heteroatoms. The minimum atomic E-state index is -0.738. The van der Waals surface area contributed by atoms with Crippen molar-refractivity contribution in [1.29, 1.82) is 0 Å². The van der Waals surface area contributed by atoms with Crippen LogP contribution >= 0.6 is 0 Å². The summed E-state index contributed by atoms with van der Waals surface area (Å²) >= 11 is 0. The van der Waals surface area contributed by atoms with E-state index in [-0.39, 0.29) is 37.3 Å². The smallest absolute Gasteiger partial charge is 0.268 e. The number of benzene rings is 2. The predicted octanol–water partition coefficient (Wildman–Crippen LogP) is 2.80. The third kappa shape index (κ3) is 5.30. The lowest BCUT2D eigenvalue weighted by molar-refractivity contribution is -0.134. The number of carbonyl (C=O) groups excluding carboxylic acids is 3. The maximum atomic E-state index is 13.1. The largest absolute Gasteiger partial charge is 0.479 e. The average Bonchev–Trinajstić information content (AvgIpc) is 2.77. The van der Waals surface area contributed by atoms with Gasteiger partial charge in [-0.25, -0.2) is 0 Å². The summed E-state index contributed by atoms with van der Waals surface area (Å²) in [6, 6.07) is 14.5. The molecule has 1 unspecified atom stereocenters. The monoisotopic (exact) mass is 424 g/mol. The Morgan fingerprint density at radius 1 is 1.16 bits per heavy atom. The normalized spacial score (nSPS) is 15.3. The van der Waals surface area contributed by atoms with Crippen molar-refractivity contribution in [1.82, 2.24) is 4.90 Å². The van der Waals surface area contributed by atoms with Crippen molar-refractivity contribution in [2.75, 3.05) is 24.6 Å². The van der Waals surface area contributed by atoms with Gasteiger partial charge in [-0.2, -0.15) is 0 Å². The van der Waals surface area contributed by atoms with Gasteiger partial charge < -0.3 is 14.7 Å². The Balaban J connectivity index is 1.86. The SMILES string of the molecule is CCCC(=O)c1ccc2c(c1)N(CC(=O)N(CCO)Cc1ccccc1)C(=O)C(C)O2. The lowest BCUT2D eigenvalue weighted by Gasteiger charge is -2.34. The molecular weight excluding hydrogens is 396 g/mol. The van der Waals surface area contributed by atoms with Crippen LogP contribution in [0.1, 0.15) is 42.6 Å². The summed E-state index contributed by atoms with van der Waals surface area (Å²) in [5, 5.41) is 9.44. The molecule has 1 atom stereocenters. The zero-order valence-electron chi connectivity index (χ0n) is 17.9. The van der Waals surface area contributed by atoms with Crippen molar-refractivity contribution < 1.29 is 24.2 Å². The molecule has 7 nitrogen and oxygen atoms in total. The number of aliphatic hydroxyl groups excluding tert-OH is 1. The first-order valence-electron chi connectivity index (χ1n) is 10.5. The van der Waals surface area contributed by atoms with Crippen LogP contribution in [0.3, 0.4) is 0 Å². The Morgan fingerprint density at radius 3 is 2.58 bits per heavy atom. The number of aliphatic hydroxyl groups is 1. The van der Waals surface area contributed by atoms with Crippen molar-refractivity contribution in [2.45, 2.75) is 39.3 Å². The van der Waals surface area contributed by atoms with E-state index in [1.807, 2.05) is 37.3 Å². The van der Waals surface area contributed by atoms with Gasteiger partial charge in [0.2, 0.25) is 5.91 Å². The molecule has 2 aromatic rings. The molecule has 1 aliphatic heterocycles. The number of ketones is 1. The van der Waals surface area contributed by atoms with Crippen molar-refractivity contribution in [2.24, 2.45) is 0 Å². The second-order valence-electron chi connectivity index (χ2n) is 7.56. The topological polar surface area (TPSA) is 87.2 Å². The van der Waals surface area contributed by atoms with E-state index in [9.17, 15) is 19.5 Å². The molecule has 2 amide bonds. The van der Waals surface area contributed by atoms with Crippen molar-refractivity contribution in [3.8, 4) is 5.75 Å². The van der Waals surface area contributed by atoms with Crippen LogP contribution in [0.5, 0.6) is 5.75 Å². The molecule has 0 bridgehead atoms. The molecule has 164 valence electrons. The number of Topliss-reactive ketones (excluding diaryl/α,β-unsaturated/α-hetero) is 1. The van der Waals surface area contributed by atoms with Gasteiger partial charge in [0.15, 0.2) is 11.9 Å². The minimum absolute atomic E-state index is 0.0198. The Labute approximate surface area is 182 Å². The number of carbonyl (C=O) groups is 3. The van der Waals surface area contributed by atoms with Crippen molar-refractivity contribution >= 4 is 23.3 Å². The fraction of sp³-hybridized carbons (Fsp3) is 0.375. The number of fused-ring (bicyclic) bond motifs is 1. The molecule has 3 rings (SSSR count). The van der Waals surface area contributed by atoms with Gasteiger partial charge in [-0.3, -0.25) is 19.3 Å². The second kappa shape index (κ2) is 10.2. The summed E-state index contributed by atoms with van der Waals surface area (Å²) in [6.07, 6.45) is 0.391. The van der Waals surface area contributed by atoms with Gasteiger partial charge in [0.25, 0.3) is 5.91 Å². The number of hydrogen-bond acceptors (Lipinski definition) is 5. The van der Waals surface area contributed by atoms with Crippen LogP contribution in [0.15, 0.2) is 48.5 Å². The molecule has 1 N–H and O–H groups in total. The van der Waals surface area contributed by atoms with E-state index < -0.39 is 6.10 Å². The third-order valence-electron chi connectivity index (χ3n) is 5.20. The highest BCUT2D eigenvalue weighted by Gasteiger charge is 2.34. The molecule has 1 aliphatic rings. The Hall–Kier alpha value is -3.19. The standard InChI is InChI=1S/C24H28N2O5/c1-3-7-21(28)19-10-11-22-20(14-19)26(24(30)17(2)31-22)16-23(29)25(12-13-27)15-18-8-5-4-6-9-18/h4-6,8-11,14,17,27H,3,7,12-13,15-16H2,1-2H3. The quantitative estimate of drug-likeness (QED) is 0.626. The highest BCUT2D eigenvalue weighted by Crippen LogP contribution is 2.35. The zero-order chi connectivity index (χ0) is 22.4. The number of nitrogens with zero attached hydrogens (tertiary/aromatic N) is 2. The van der Waals surface area contributed by atoms with Crippen LogP contribution in [0, 0.1) is 0 Å².